The minimum Gasteiger partial charge on any atom is -0.464 e. The van der Waals surface area contributed by atoms with E-state index in [-0.39, 0.29) is 18.4 Å². The third kappa shape index (κ3) is 7.20. The molecule has 0 atom stereocenters. The number of alkyl halides is 2. The summed E-state index contributed by atoms with van der Waals surface area (Å²) in [6.07, 6.45) is 6.50. The van der Waals surface area contributed by atoms with Crippen molar-refractivity contribution < 1.29 is 22.8 Å². The van der Waals surface area contributed by atoms with Crippen molar-refractivity contribution in [1.29, 1.82) is 0 Å². The van der Waals surface area contributed by atoms with Gasteiger partial charge in [0.1, 0.15) is 5.76 Å². The lowest BCUT2D eigenvalue weighted by Crippen LogP contribution is -2.39. The fourth-order valence-electron chi connectivity index (χ4n) is 4.57. The van der Waals surface area contributed by atoms with Crippen molar-refractivity contribution in [1.82, 2.24) is 20.4 Å². The summed E-state index contributed by atoms with van der Waals surface area (Å²) in [4.78, 5) is 20.2. The van der Waals surface area contributed by atoms with E-state index in [1.165, 1.54) is 11.3 Å². The number of aromatic nitrogens is 2. The van der Waals surface area contributed by atoms with Crippen molar-refractivity contribution in [3.05, 3.63) is 28.1 Å². The molecule has 1 fully saturated rings. The summed E-state index contributed by atoms with van der Waals surface area (Å²) in [5.41, 5.74) is 1.75. The number of nitrogens with one attached hydrogen (secondary N) is 1. The smallest absolute Gasteiger partial charge is 0.278 e. The lowest BCUT2D eigenvalue weighted by molar-refractivity contribution is -0.121. The van der Waals surface area contributed by atoms with E-state index in [0.29, 0.717) is 16.9 Å². The molecule has 1 aliphatic carbocycles. The topological polar surface area (TPSA) is 80.5 Å². The van der Waals surface area contributed by atoms with Gasteiger partial charge in [-0.25, -0.2) is 13.8 Å². The Bertz CT molecular complexity index is 935. The zero-order valence-electron chi connectivity index (χ0n) is 19.2. The van der Waals surface area contributed by atoms with Gasteiger partial charge in [-0.15, -0.1) is 0 Å². The standard InChI is InChI=1S/C23H32F2N4O3S/c1-15-11-18(32-28-15)12-21(30)26-17-5-3-16(4-6-17)7-9-29-10-8-20-19(13-29)27-22(33-20)31-14-23(2,24)25/h11,16-17H,3-10,12-14H2,1-2H3,(H,26,30)/t16-,17-. The van der Waals surface area contributed by atoms with Crippen molar-refractivity contribution in [2.45, 2.75) is 77.3 Å². The van der Waals surface area contributed by atoms with Gasteiger partial charge < -0.3 is 14.6 Å². The number of aryl methyl sites for hydroxylation is 1. The molecule has 33 heavy (non-hydrogen) atoms. The highest BCUT2D eigenvalue weighted by atomic mass is 32.1. The zero-order chi connectivity index (χ0) is 23.4. The molecule has 2 aliphatic rings. The first-order chi connectivity index (χ1) is 15.7. The van der Waals surface area contributed by atoms with Crippen LogP contribution in [0.3, 0.4) is 0 Å². The minimum atomic E-state index is -2.85. The van der Waals surface area contributed by atoms with E-state index in [4.69, 9.17) is 9.26 Å². The van der Waals surface area contributed by atoms with Gasteiger partial charge in [0.25, 0.3) is 11.1 Å². The van der Waals surface area contributed by atoms with E-state index in [2.05, 4.69) is 20.4 Å². The largest absolute Gasteiger partial charge is 0.464 e. The fourth-order valence-corrected chi connectivity index (χ4v) is 5.47. The van der Waals surface area contributed by atoms with E-state index in [0.717, 1.165) is 81.3 Å². The lowest BCUT2D eigenvalue weighted by Gasteiger charge is -2.31. The highest BCUT2D eigenvalue weighted by Gasteiger charge is 2.27. The quantitative estimate of drug-likeness (QED) is 0.579. The van der Waals surface area contributed by atoms with Crippen LogP contribution in [0.4, 0.5) is 8.78 Å². The SMILES string of the molecule is Cc1cc(CC(=O)N[C@H]2CC[C@H](CCN3CCc4sc(OCC(C)(F)F)nc4C3)CC2)on1. The molecule has 0 radical (unpaired) electrons. The monoisotopic (exact) mass is 482 g/mol. The predicted octanol–water partition coefficient (Wildman–Crippen LogP) is 4.14. The Hall–Kier alpha value is -2.07. The first kappa shape index (κ1) is 24.1. The Morgan fingerprint density at radius 1 is 1.36 bits per heavy atom. The molecule has 1 aliphatic heterocycles. The molecular weight excluding hydrogens is 450 g/mol. The van der Waals surface area contributed by atoms with Gasteiger partial charge in [0.05, 0.1) is 17.8 Å². The molecule has 1 amide bonds. The molecule has 4 rings (SSSR count). The van der Waals surface area contributed by atoms with Crippen molar-refractivity contribution in [3.63, 3.8) is 0 Å². The molecular formula is C23H32F2N4O3S. The molecule has 0 saturated heterocycles. The first-order valence-corrected chi connectivity index (χ1v) is 12.5. The maximum atomic E-state index is 13.0. The second-order valence-corrected chi connectivity index (χ2v) is 10.5. The molecule has 10 heteroatoms. The van der Waals surface area contributed by atoms with Gasteiger partial charge in [-0.1, -0.05) is 16.5 Å². The fraction of sp³-hybridized carbons (Fsp3) is 0.696. The van der Waals surface area contributed by atoms with Gasteiger partial charge in [0, 0.05) is 37.0 Å². The van der Waals surface area contributed by atoms with Crippen LogP contribution in [0.1, 0.15) is 61.1 Å². The summed E-state index contributed by atoms with van der Waals surface area (Å²) < 4.78 is 36.4. The zero-order valence-corrected chi connectivity index (χ0v) is 20.1. The molecule has 1 saturated carbocycles. The van der Waals surface area contributed by atoms with Crippen molar-refractivity contribution in [3.8, 4) is 5.19 Å². The number of rotatable bonds is 9. The van der Waals surface area contributed by atoms with Gasteiger partial charge in [-0.3, -0.25) is 9.69 Å². The molecule has 1 N–H and O–H groups in total. The second-order valence-electron chi connectivity index (χ2n) is 9.42. The Labute approximate surface area is 196 Å². The first-order valence-electron chi connectivity index (χ1n) is 11.7. The highest BCUT2D eigenvalue weighted by molar-refractivity contribution is 7.13. The summed E-state index contributed by atoms with van der Waals surface area (Å²) >= 11 is 1.39. The Morgan fingerprint density at radius 2 is 2.15 bits per heavy atom. The summed E-state index contributed by atoms with van der Waals surface area (Å²) in [7, 11) is 0. The number of nitrogens with zero attached hydrogens (tertiary/aromatic N) is 3. The average molecular weight is 483 g/mol. The van der Waals surface area contributed by atoms with Crippen molar-refractivity contribution in [2.24, 2.45) is 5.92 Å². The summed E-state index contributed by atoms with van der Waals surface area (Å²) in [6.45, 7) is 4.78. The van der Waals surface area contributed by atoms with E-state index in [1.54, 1.807) is 6.07 Å². The van der Waals surface area contributed by atoms with Crippen molar-refractivity contribution in [2.75, 3.05) is 19.7 Å². The molecule has 0 aromatic carbocycles. The summed E-state index contributed by atoms with van der Waals surface area (Å²) in [5, 5.41) is 7.30. The van der Waals surface area contributed by atoms with E-state index in [1.807, 2.05) is 6.92 Å². The number of halogens is 2. The van der Waals surface area contributed by atoms with Crippen LogP contribution in [0.15, 0.2) is 10.6 Å². The number of amides is 1. The minimum absolute atomic E-state index is 0.00649. The van der Waals surface area contributed by atoms with Crippen LogP contribution >= 0.6 is 11.3 Å². The van der Waals surface area contributed by atoms with Crippen LogP contribution in [0.25, 0.3) is 0 Å². The second kappa shape index (κ2) is 10.5. The predicted molar refractivity (Wildman–Crippen MR) is 121 cm³/mol. The van der Waals surface area contributed by atoms with Crippen LogP contribution < -0.4 is 10.1 Å². The third-order valence-electron chi connectivity index (χ3n) is 6.31. The molecule has 182 valence electrons. The molecule has 7 nitrogen and oxygen atoms in total. The number of hydrogen-bond acceptors (Lipinski definition) is 7. The molecule has 0 spiro atoms. The Kier molecular flexibility index (Phi) is 7.63. The van der Waals surface area contributed by atoms with Crippen LogP contribution in [0.2, 0.25) is 0 Å². The normalized spacial score (nSPS) is 21.6. The van der Waals surface area contributed by atoms with Gasteiger partial charge in [-0.2, -0.15) is 0 Å². The van der Waals surface area contributed by atoms with E-state index < -0.39 is 12.5 Å². The van der Waals surface area contributed by atoms with Crippen molar-refractivity contribution >= 4 is 17.2 Å². The number of carbonyl (C=O) groups is 1. The number of carbonyl (C=O) groups excluding carboxylic acids is 1. The Morgan fingerprint density at radius 3 is 2.85 bits per heavy atom. The lowest BCUT2D eigenvalue weighted by atomic mass is 9.84. The molecule has 2 aromatic rings. The Balaban J connectivity index is 1.15. The van der Waals surface area contributed by atoms with E-state index in [9.17, 15) is 13.6 Å². The van der Waals surface area contributed by atoms with Crippen LogP contribution in [-0.4, -0.2) is 52.6 Å². The van der Waals surface area contributed by atoms with E-state index >= 15 is 0 Å². The van der Waals surface area contributed by atoms with Crippen LogP contribution in [0.5, 0.6) is 5.19 Å². The average Bonchev–Trinajstić information content (AvgIpc) is 3.36. The van der Waals surface area contributed by atoms with Crippen LogP contribution in [-0.2, 0) is 24.2 Å². The molecule has 3 heterocycles. The van der Waals surface area contributed by atoms with Gasteiger partial charge in [0.2, 0.25) is 5.91 Å². The maximum absolute atomic E-state index is 13.0. The summed E-state index contributed by atoms with van der Waals surface area (Å²) in [5.74, 6) is -1.59. The number of fused-ring (bicyclic) bond motifs is 1. The summed E-state index contributed by atoms with van der Waals surface area (Å²) in [6, 6.07) is 2.03. The third-order valence-corrected chi connectivity index (χ3v) is 7.38. The molecule has 0 unspecified atom stereocenters. The van der Waals surface area contributed by atoms with Gasteiger partial charge >= 0.3 is 0 Å². The number of thiazole rings is 1. The number of hydrogen-bond donors (Lipinski definition) is 1. The van der Waals surface area contributed by atoms with Gasteiger partial charge in [0.15, 0.2) is 6.61 Å². The highest BCUT2D eigenvalue weighted by Crippen LogP contribution is 2.32. The van der Waals surface area contributed by atoms with Gasteiger partial charge in [-0.05, 0) is 57.9 Å². The number of ether oxygens (including phenoxy) is 1. The maximum Gasteiger partial charge on any atom is 0.278 e. The van der Waals surface area contributed by atoms with Crippen LogP contribution in [0, 0.1) is 12.8 Å². The molecule has 0 bridgehead atoms. The molecule has 2 aromatic heterocycles.